The highest BCUT2D eigenvalue weighted by atomic mass is 32.2. The maximum atomic E-state index is 12.1. The van der Waals surface area contributed by atoms with Gasteiger partial charge < -0.3 is 0 Å². The van der Waals surface area contributed by atoms with Crippen LogP contribution in [0.5, 0.6) is 0 Å². The fourth-order valence-corrected chi connectivity index (χ4v) is 2.57. The van der Waals surface area contributed by atoms with Gasteiger partial charge in [-0.2, -0.15) is 12.7 Å². The summed E-state index contributed by atoms with van der Waals surface area (Å²) in [6, 6.07) is 18.3. The van der Waals surface area contributed by atoms with Gasteiger partial charge in [0.15, 0.2) is 0 Å². The van der Waals surface area contributed by atoms with Crippen molar-refractivity contribution in [3.8, 4) is 0 Å². The minimum atomic E-state index is -3.53. The zero-order chi connectivity index (χ0) is 13.7. The van der Waals surface area contributed by atoms with Crippen LogP contribution in [-0.4, -0.2) is 19.8 Å². The molecule has 2 aromatic rings. The fraction of sp³-hybridized carbons (Fsp3) is 0.143. The van der Waals surface area contributed by atoms with Gasteiger partial charge in [-0.15, -0.1) is 0 Å². The van der Waals surface area contributed by atoms with Crippen LogP contribution >= 0.6 is 0 Å². The standard InChI is InChI=1S/C14H16N2O2S/c1-16(12-13-8-4-2-5-9-13)19(17,18)15-14-10-6-3-7-11-14/h2-11,15H,12H2,1H3. The Labute approximate surface area is 113 Å². The molecular formula is C14H16N2O2S. The number of para-hydroxylation sites is 1. The third kappa shape index (κ3) is 3.81. The second-order valence-corrected chi connectivity index (χ2v) is 5.99. The van der Waals surface area contributed by atoms with E-state index in [4.69, 9.17) is 0 Å². The van der Waals surface area contributed by atoms with Gasteiger partial charge in [-0.1, -0.05) is 48.5 Å². The molecule has 0 aliphatic rings. The lowest BCUT2D eigenvalue weighted by atomic mass is 10.2. The number of anilines is 1. The highest BCUT2D eigenvalue weighted by molar-refractivity contribution is 7.90. The molecule has 1 N–H and O–H groups in total. The first-order valence-electron chi connectivity index (χ1n) is 5.91. The molecule has 0 saturated carbocycles. The van der Waals surface area contributed by atoms with Gasteiger partial charge in [0.05, 0.1) is 0 Å². The molecule has 0 aliphatic carbocycles. The van der Waals surface area contributed by atoms with Crippen LogP contribution in [0.15, 0.2) is 60.7 Å². The van der Waals surface area contributed by atoms with E-state index in [9.17, 15) is 8.42 Å². The van der Waals surface area contributed by atoms with E-state index in [1.54, 1.807) is 31.3 Å². The van der Waals surface area contributed by atoms with Crippen molar-refractivity contribution < 1.29 is 8.42 Å². The second kappa shape index (κ2) is 5.86. The van der Waals surface area contributed by atoms with E-state index in [0.29, 0.717) is 12.2 Å². The Morgan fingerprint density at radius 2 is 1.47 bits per heavy atom. The lowest BCUT2D eigenvalue weighted by Gasteiger charge is -2.18. The van der Waals surface area contributed by atoms with Crippen LogP contribution in [0.4, 0.5) is 5.69 Å². The largest absolute Gasteiger partial charge is 0.301 e. The third-order valence-corrected chi connectivity index (χ3v) is 4.12. The Morgan fingerprint density at radius 3 is 2.05 bits per heavy atom. The van der Waals surface area contributed by atoms with Crippen molar-refractivity contribution in [3.63, 3.8) is 0 Å². The van der Waals surface area contributed by atoms with Gasteiger partial charge in [-0.05, 0) is 17.7 Å². The molecule has 0 aliphatic heterocycles. The minimum Gasteiger partial charge on any atom is -0.271 e. The fourth-order valence-electron chi connectivity index (χ4n) is 1.66. The molecule has 0 spiro atoms. The summed E-state index contributed by atoms with van der Waals surface area (Å²) >= 11 is 0. The zero-order valence-electron chi connectivity index (χ0n) is 10.7. The summed E-state index contributed by atoms with van der Waals surface area (Å²) in [5.74, 6) is 0. The summed E-state index contributed by atoms with van der Waals surface area (Å²) in [7, 11) is -1.97. The number of benzene rings is 2. The molecule has 100 valence electrons. The van der Waals surface area contributed by atoms with Crippen LogP contribution in [0.2, 0.25) is 0 Å². The molecule has 0 fully saturated rings. The van der Waals surface area contributed by atoms with Crippen molar-refractivity contribution in [3.05, 3.63) is 66.2 Å². The molecule has 0 radical (unpaired) electrons. The zero-order valence-corrected chi connectivity index (χ0v) is 11.5. The van der Waals surface area contributed by atoms with Gasteiger partial charge in [-0.3, -0.25) is 4.72 Å². The van der Waals surface area contributed by atoms with E-state index < -0.39 is 10.2 Å². The van der Waals surface area contributed by atoms with Gasteiger partial charge in [-0.25, -0.2) is 0 Å². The molecule has 0 unspecified atom stereocenters. The predicted molar refractivity (Wildman–Crippen MR) is 76.9 cm³/mol. The molecule has 0 heterocycles. The highest BCUT2D eigenvalue weighted by Gasteiger charge is 2.17. The summed E-state index contributed by atoms with van der Waals surface area (Å²) < 4.78 is 28.1. The number of nitrogens with zero attached hydrogens (tertiary/aromatic N) is 1. The van der Waals surface area contributed by atoms with Gasteiger partial charge in [0.1, 0.15) is 0 Å². The van der Waals surface area contributed by atoms with E-state index in [-0.39, 0.29) is 0 Å². The molecule has 0 atom stereocenters. The molecule has 0 saturated heterocycles. The van der Waals surface area contributed by atoms with Crippen LogP contribution in [0.25, 0.3) is 0 Å². The summed E-state index contributed by atoms with van der Waals surface area (Å²) in [5, 5.41) is 0. The molecule has 5 heteroatoms. The first-order chi connectivity index (χ1) is 9.08. The van der Waals surface area contributed by atoms with Crippen molar-refractivity contribution in [2.45, 2.75) is 6.54 Å². The Bertz CT molecular complexity index is 612. The topological polar surface area (TPSA) is 49.4 Å². The molecule has 2 aromatic carbocycles. The predicted octanol–water partition coefficient (Wildman–Crippen LogP) is 2.48. The normalized spacial score (nSPS) is 11.5. The summed E-state index contributed by atoms with van der Waals surface area (Å²) in [6.45, 7) is 0.336. The minimum absolute atomic E-state index is 0.336. The Kier molecular flexibility index (Phi) is 4.19. The third-order valence-electron chi connectivity index (χ3n) is 2.68. The molecular weight excluding hydrogens is 260 g/mol. The van der Waals surface area contributed by atoms with Gasteiger partial charge in [0.25, 0.3) is 0 Å². The van der Waals surface area contributed by atoms with E-state index >= 15 is 0 Å². The van der Waals surface area contributed by atoms with Crippen LogP contribution in [0.3, 0.4) is 0 Å². The van der Waals surface area contributed by atoms with Crippen LogP contribution in [0.1, 0.15) is 5.56 Å². The highest BCUT2D eigenvalue weighted by Crippen LogP contribution is 2.12. The first kappa shape index (κ1) is 13.6. The quantitative estimate of drug-likeness (QED) is 0.912. The van der Waals surface area contributed by atoms with Crippen molar-refractivity contribution in [1.29, 1.82) is 0 Å². The van der Waals surface area contributed by atoms with E-state index in [1.807, 2.05) is 36.4 Å². The van der Waals surface area contributed by atoms with Crippen molar-refractivity contribution in [2.24, 2.45) is 0 Å². The van der Waals surface area contributed by atoms with Gasteiger partial charge in [0.2, 0.25) is 0 Å². The lowest BCUT2D eigenvalue weighted by molar-refractivity contribution is 0.471. The number of hydrogen-bond donors (Lipinski definition) is 1. The van der Waals surface area contributed by atoms with E-state index in [2.05, 4.69) is 4.72 Å². The van der Waals surface area contributed by atoms with Crippen LogP contribution in [-0.2, 0) is 16.8 Å². The molecule has 0 amide bonds. The molecule has 2 rings (SSSR count). The summed E-state index contributed by atoms with van der Waals surface area (Å²) in [5.41, 5.74) is 1.51. The number of rotatable bonds is 5. The second-order valence-electron chi connectivity index (χ2n) is 4.21. The molecule has 19 heavy (non-hydrogen) atoms. The van der Waals surface area contributed by atoms with Gasteiger partial charge in [0, 0.05) is 19.3 Å². The number of hydrogen-bond acceptors (Lipinski definition) is 2. The Hall–Kier alpha value is -1.85. The maximum absolute atomic E-state index is 12.1. The monoisotopic (exact) mass is 276 g/mol. The Morgan fingerprint density at radius 1 is 0.947 bits per heavy atom. The van der Waals surface area contributed by atoms with Crippen molar-refractivity contribution in [1.82, 2.24) is 4.31 Å². The first-order valence-corrected chi connectivity index (χ1v) is 7.35. The molecule has 0 bridgehead atoms. The van der Waals surface area contributed by atoms with Crippen molar-refractivity contribution >= 4 is 15.9 Å². The number of nitrogens with one attached hydrogen (secondary N) is 1. The van der Waals surface area contributed by atoms with Crippen molar-refractivity contribution in [2.75, 3.05) is 11.8 Å². The Balaban J connectivity index is 2.07. The van der Waals surface area contributed by atoms with Crippen LogP contribution < -0.4 is 4.72 Å². The van der Waals surface area contributed by atoms with Crippen LogP contribution in [0, 0.1) is 0 Å². The molecule has 0 aromatic heterocycles. The van der Waals surface area contributed by atoms with E-state index in [0.717, 1.165) is 5.56 Å². The summed E-state index contributed by atoms with van der Waals surface area (Å²) in [6.07, 6.45) is 0. The average molecular weight is 276 g/mol. The summed E-state index contributed by atoms with van der Waals surface area (Å²) in [4.78, 5) is 0. The van der Waals surface area contributed by atoms with E-state index in [1.165, 1.54) is 4.31 Å². The maximum Gasteiger partial charge on any atom is 0.301 e. The lowest BCUT2D eigenvalue weighted by Crippen LogP contribution is -2.32. The smallest absolute Gasteiger partial charge is 0.271 e. The van der Waals surface area contributed by atoms with Gasteiger partial charge >= 0.3 is 10.2 Å². The SMILES string of the molecule is CN(Cc1ccccc1)S(=O)(=O)Nc1ccccc1. The average Bonchev–Trinajstić information content (AvgIpc) is 2.40. The molecule has 4 nitrogen and oxygen atoms in total.